The third-order valence-electron chi connectivity index (χ3n) is 2.07. The van der Waals surface area contributed by atoms with E-state index < -0.39 is 9.84 Å². The van der Waals surface area contributed by atoms with Gasteiger partial charge >= 0.3 is 0 Å². The second-order valence-corrected chi connectivity index (χ2v) is 5.94. The number of anilines is 1. The number of pyridine rings is 1. The number of aromatic nitrogens is 1. The van der Waals surface area contributed by atoms with Crippen LogP contribution in [0.1, 0.15) is 5.56 Å². The van der Waals surface area contributed by atoms with Crippen LogP contribution in [-0.2, 0) is 14.6 Å². The molecule has 0 aliphatic carbocycles. The maximum atomic E-state index is 10.8. The van der Waals surface area contributed by atoms with Crippen LogP contribution in [0.25, 0.3) is 0 Å². The van der Waals surface area contributed by atoms with E-state index in [9.17, 15) is 8.42 Å². The van der Waals surface area contributed by atoms with Gasteiger partial charge in [0.15, 0.2) is 0 Å². The summed E-state index contributed by atoms with van der Waals surface area (Å²) in [6.07, 6.45) is 2.76. The predicted octanol–water partition coefficient (Wildman–Crippen LogP) is 0.426. The summed E-state index contributed by atoms with van der Waals surface area (Å²) >= 11 is 0. The Morgan fingerprint density at radius 1 is 1.50 bits per heavy atom. The highest BCUT2D eigenvalue weighted by Gasteiger charge is 2.02. The van der Waals surface area contributed by atoms with Crippen LogP contribution in [0.15, 0.2) is 18.3 Å². The minimum absolute atomic E-state index is 0.0139. The maximum Gasteiger partial charge on any atom is 0.149 e. The van der Waals surface area contributed by atoms with Gasteiger partial charge in [-0.25, -0.2) is 13.4 Å². The van der Waals surface area contributed by atoms with Crippen LogP contribution in [0.2, 0.25) is 0 Å². The summed E-state index contributed by atoms with van der Waals surface area (Å²) in [7, 11) is -2.97. The van der Waals surface area contributed by atoms with Crippen molar-refractivity contribution in [2.45, 2.75) is 0 Å². The first kappa shape index (κ1) is 14.4. The molecule has 0 saturated carbocycles. The zero-order valence-electron chi connectivity index (χ0n) is 10.1. The molecule has 1 N–H and O–H groups in total. The Hall–Kier alpha value is -1.65. The van der Waals surface area contributed by atoms with Gasteiger partial charge in [-0.15, -0.1) is 0 Å². The summed E-state index contributed by atoms with van der Waals surface area (Å²) in [5.74, 6) is 0.520. The van der Waals surface area contributed by atoms with Gasteiger partial charge in [0.2, 0.25) is 0 Å². The standard InChI is InChI=1S/C11H15N3O3S/c1-18(15,16)8-7-17-6-5-14-11-10(9-12)3-2-4-13-11/h2-4H,5-8H2,1H3,(H,13,14). The summed E-state index contributed by atoms with van der Waals surface area (Å²) in [6, 6.07) is 5.38. The van der Waals surface area contributed by atoms with Crippen molar-refractivity contribution in [3.8, 4) is 6.07 Å². The van der Waals surface area contributed by atoms with Gasteiger partial charge in [0.1, 0.15) is 21.7 Å². The monoisotopic (exact) mass is 269 g/mol. The zero-order chi connectivity index (χ0) is 13.4. The maximum absolute atomic E-state index is 10.8. The minimum atomic E-state index is -2.97. The quantitative estimate of drug-likeness (QED) is 0.721. The average Bonchev–Trinajstić information content (AvgIpc) is 2.32. The second-order valence-electron chi connectivity index (χ2n) is 3.68. The molecule has 0 bridgehead atoms. The smallest absolute Gasteiger partial charge is 0.149 e. The van der Waals surface area contributed by atoms with E-state index in [4.69, 9.17) is 10.00 Å². The normalized spacial score (nSPS) is 10.9. The Balaban J connectivity index is 2.24. The molecule has 18 heavy (non-hydrogen) atoms. The van der Waals surface area contributed by atoms with Crippen LogP contribution in [-0.4, -0.2) is 45.2 Å². The molecule has 7 heteroatoms. The third kappa shape index (κ3) is 5.61. The summed E-state index contributed by atoms with van der Waals surface area (Å²) in [5.41, 5.74) is 0.466. The molecule has 0 radical (unpaired) electrons. The van der Waals surface area contributed by atoms with Crippen molar-refractivity contribution in [1.29, 1.82) is 5.26 Å². The first-order valence-electron chi connectivity index (χ1n) is 5.37. The molecule has 98 valence electrons. The van der Waals surface area contributed by atoms with Gasteiger partial charge in [0.25, 0.3) is 0 Å². The van der Waals surface area contributed by atoms with E-state index in [0.29, 0.717) is 24.5 Å². The molecule has 0 aliphatic heterocycles. The lowest BCUT2D eigenvalue weighted by Crippen LogP contribution is -2.15. The fraction of sp³-hybridized carbons (Fsp3) is 0.455. The Bertz CT molecular complexity index is 523. The lowest BCUT2D eigenvalue weighted by Gasteiger charge is -2.07. The molecule has 1 aromatic rings. The van der Waals surface area contributed by atoms with Gasteiger partial charge in [0.05, 0.1) is 24.5 Å². The highest BCUT2D eigenvalue weighted by atomic mass is 32.2. The van der Waals surface area contributed by atoms with Gasteiger partial charge in [-0.3, -0.25) is 0 Å². The lowest BCUT2D eigenvalue weighted by atomic mass is 10.3. The fourth-order valence-corrected chi connectivity index (χ4v) is 1.61. The van der Waals surface area contributed by atoms with E-state index in [2.05, 4.69) is 10.3 Å². The highest BCUT2D eigenvalue weighted by Crippen LogP contribution is 2.08. The van der Waals surface area contributed by atoms with Gasteiger partial charge in [-0.1, -0.05) is 0 Å². The Morgan fingerprint density at radius 3 is 2.94 bits per heavy atom. The van der Waals surface area contributed by atoms with E-state index in [1.54, 1.807) is 18.3 Å². The van der Waals surface area contributed by atoms with E-state index in [1.807, 2.05) is 6.07 Å². The number of hydrogen-bond acceptors (Lipinski definition) is 6. The topological polar surface area (TPSA) is 92.1 Å². The first-order chi connectivity index (χ1) is 8.53. The highest BCUT2D eigenvalue weighted by molar-refractivity contribution is 7.90. The van der Waals surface area contributed by atoms with Crippen molar-refractivity contribution in [3.63, 3.8) is 0 Å². The van der Waals surface area contributed by atoms with Crippen LogP contribution in [0.3, 0.4) is 0 Å². The second kappa shape index (κ2) is 6.93. The van der Waals surface area contributed by atoms with Crippen LogP contribution >= 0.6 is 0 Å². The molecule has 0 amide bonds. The van der Waals surface area contributed by atoms with Crippen molar-refractivity contribution in [2.75, 3.05) is 37.1 Å². The molecule has 1 rings (SSSR count). The summed E-state index contributed by atoms with van der Waals surface area (Å²) in [5, 5.41) is 11.8. The Morgan fingerprint density at radius 2 is 2.28 bits per heavy atom. The van der Waals surface area contributed by atoms with Gasteiger partial charge < -0.3 is 10.1 Å². The summed E-state index contributed by atoms with van der Waals surface area (Å²) in [6.45, 7) is 1.00. The van der Waals surface area contributed by atoms with Crippen molar-refractivity contribution in [2.24, 2.45) is 0 Å². The van der Waals surface area contributed by atoms with Crippen molar-refractivity contribution in [3.05, 3.63) is 23.9 Å². The molecule has 0 unspecified atom stereocenters. The zero-order valence-corrected chi connectivity index (χ0v) is 10.9. The number of ether oxygens (including phenoxy) is 1. The fourth-order valence-electron chi connectivity index (χ4n) is 1.19. The molecule has 0 spiro atoms. The third-order valence-corrected chi connectivity index (χ3v) is 2.97. The summed E-state index contributed by atoms with van der Waals surface area (Å²) in [4.78, 5) is 4.02. The number of hydrogen-bond donors (Lipinski definition) is 1. The molecule has 0 aliphatic rings. The van der Waals surface area contributed by atoms with Crippen LogP contribution in [0.4, 0.5) is 5.82 Å². The number of nitrogens with one attached hydrogen (secondary N) is 1. The lowest BCUT2D eigenvalue weighted by molar-refractivity contribution is 0.159. The van der Waals surface area contributed by atoms with Crippen LogP contribution < -0.4 is 5.32 Å². The molecular formula is C11H15N3O3S. The summed E-state index contributed by atoms with van der Waals surface area (Å²) < 4.78 is 26.8. The number of rotatable bonds is 7. The van der Waals surface area contributed by atoms with E-state index >= 15 is 0 Å². The largest absolute Gasteiger partial charge is 0.379 e. The van der Waals surface area contributed by atoms with Gasteiger partial charge in [0, 0.05) is 19.0 Å². The molecule has 6 nitrogen and oxygen atoms in total. The van der Waals surface area contributed by atoms with Crippen LogP contribution in [0, 0.1) is 11.3 Å². The molecule has 0 saturated heterocycles. The molecule has 1 aromatic heterocycles. The SMILES string of the molecule is CS(=O)(=O)CCOCCNc1ncccc1C#N. The van der Waals surface area contributed by atoms with Crippen LogP contribution in [0.5, 0.6) is 0 Å². The average molecular weight is 269 g/mol. The van der Waals surface area contributed by atoms with Gasteiger partial charge in [-0.05, 0) is 12.1 Å². The van der Waals surface area contributed by atoms with E-state index in [0.717, 1.165) is 0 Å². The predicted molar refractivity (Wildman–Crippen MR) is 68.0 cm³/mol. The van der Waals surface area contributed by atoms with Gasteiger partial charge in [-0.2, -0.15) is 5.26 Å². The van der Waals surface area contributed by atoms with Crippen molar-refractivity contribution in [1.82, 2.24) is 4.98 Å². The first-order valence-corrected chi connectivity index (χ1v) is 7.43. The molecule has 1 heterocycles. The molecular weight excluding hydrogens is 254 g/mol. The Kier molecular flexibility index (Phi) is 5.55. The van der Waals surface area contributed by atoms with E-state index in [1.165, 1.54) is 6.26 Å². The molecule has 0 aromatic carbocycles. The number of nitrogens with zero attached hydrogens (tertiary/aromatic N) is 2. The minimum Gasteiger partial charge on any atom is -0.379 e. The molecule has 0 fully saturated rings. The van der Waals surface area contributed by atoms with Crippen molar-refractivity contribution >= 4 is 15.7 Å². The number of sulfone groups is 1. The van der Waals surface area contributed by atoms with Crippen molar-refractivity contribution < 1.29 is 13.2 Å². The number of nitriles is 1. The Labute approximate surface area is 107 Å². The molecule has 0 atom stereocenters. The van der Waals surface area contributed by atoms with E-state index in [-0.39, 0.29) is 12.4 Å².